The van der Waals surface area contributed by atoms with Crippen molar-refractivity contribution in [1.82, 2.24) is 9.80 Å². The Labute approximate surface area is 114 Å². The smallest absolute Gasteiger partial charge is 0.123 e. The van der Waals surface area contributed by atoms with E-state index in [9.17, 15) is 4.39 Å². The Kier molecular flexibility index (Phi) is 4.52. The average Bonchev–Trinajstić information content (AvgIpc) is 2.42. The van der Waals surface area contributed by atoms with E-state index in [1.54, 1.807) is 6.07 Å². The van der Waals surface area contributed by atoms with Gasteiger partial charge in [-0.05, 0) is 37.1 Å². The molecule has 102 valence electrons. The Morgan fingerprint density at radius 2 is 2.00 bits per heavy atom. The van der Waals surface area contributed by atoms with E-state index in [-0.39, 0.29) is 11.9 Å². The summed E-state index contributed by atoms with van der Waals surface area (Å²) in [5.74, 6) is -0.172. The van der Waals surface area contributed by atoms with Gasteiger partial charge in [0.25, 0.3) is 0 Å². The molecule has 0 N–H and O–H groups in total. The Morgan fingerprint density at radius 3 is 2.58 bits per heavy atom. The van der Waals surface area contributed by atoms with Crippen LogP contribution in [0, 0.1) is 24.1 Å². The van der Waals surface area contributed by atoms with E-state index in [2.05, 4.69) is 15.9 Å². The zero-order valence-corrected chi connectivity index (χ0v) is 11.6. The van der Waals surface area contributed by atoms with Crippen molar-refractivity contribution >= 4 is 0 Å². The lowest BCUT2D eigenvalue weighted by molar-refractivity contribution is 0.114. The molecule has 0 aliphatic carbocycles. The summed E-state index contributed by atoms with van der Waals surface area (Å²) in [6, 6.07) is 7.26. The first kappa shape index (κ1) is 14.0. The summed E-state index contributed by atoms with van der Waals surface area (Å²) in [6.45, 7) is 8.53. The highest BCUT2D eigenvalue weighted by Gasteiger charge is 2.20. The Balaban J connectivity index is 1.91. The fourth-order valence-electron chi connectivity index (χ4n) is 2.47. The zero-order valence-electron chi connectivity index (χ0n) is 11.6. The van der Waals surface area contributed by atoms with Crippen LogP contribution in [0.1, 0.15) is 18.1 Å². The van der Waals surface area contributed by atoms with Crippen molar-refractivity contribution in [2.75, 3.05) is 26.2 Å². The molecule has 0 spiro atoms. The fraction of sp³-hybridized carbons (Fsp3) is 0.533. The number of benzene rings is 1. The maximum absolute atomic E-state index is 13.1. The van der Waals surface area contributed by atoms with Gasteiger partial charge in [-0.2, -0.15) is 5.26 Å². The normalized spacial score (nSPS) is 19.1. The molecule has 0 saturated carbocycles. The van der Waals surface area contributed by atoms with Crippen LogP contribution in [0.2, 0.25) is 0 Å². The Morgan fingerprint density at radius 1 is 1.32 bits per heavy atom. The van der Waals surface area contributed by atoms with Crippen LogP contribution in [0.5, 0.6) is 0 Å². The molecular weight excluding hydrogens is 241 g/mol. The zero-order chi connectivity index (χ0) is 13.8. The van der Waals surface area contributed by atoms with Gasteiger partial charge in [-0.25, -0.2) is 4.39 Å². The standard InChI is InChI=1S/C15H20FN3/c1-12-9-15(16)4-3-14(12)11-18-5-7-19(8-6-18)13(2)10-17/h3-4,9,13H,5-8,11H2,1-2H3. The third kappa shape index (κ3) is 3.52. The van der Waals surface area contributed by atoms with Crippen LogP contribution in [-0.2, 0) is 6.54 Å². The number of aryl methyl sites for hydroxylation is 1. The minimum Gasteiger partial charge on any atom is -0.297 e. The molecule has 1 aliphatic rings. The molecule has 4 heteroatoms. The first-order chi connectivity index (χ1) is 9.10. The molecule has 1 fully saturated rings. The van der Waals surface area contributed by atoms with E-state index in [1.807, 2.05) is 19.9 Å². The summed E-state index contributed by atoms with van der Waals surface area (Å²) < 4.78 is 13.1. The molecule has 1 unspecified atom stereocenters. The largest absolute Gasteiger partial charge is 0.297 e. The van der Waals surface area contributed by atoms with Gasteiger partial charge in [0, 0.05) is 32.7 Å². The molecule has 1 aromatic carbocycles. The highest BCUT2D eigenvalue weighted by molar-refractivity contribution is 5.26. The summed E-state index contributed by atoms with van der Waals surface area (Å²) in [5.41, 5.74) is 2.19. The second-order valence-corrected chi connectivity index (χ2v) is 5.19. The monoisotopic (exact) mass is 261 g/mol. The highest BCUT2D eigenvalue weighted by Crippen LogP contribution is 2.14. The summed E-state index contributed by atoms with van der Waals surface area (Å²) >= 11 is 0. The van der Waals surface area contributed by atoms with Gasteiger partial charge in [0.2, 0.25) is 0 Å². The van der Waals surface area contributed by atoms with Crippen molar-refractivity contribution in [2.45, 2.75) is 26.4 Å². The number of rotatable bonds is 3. The third-order valence-corrected chi connectivity index (χ3v) is 3.84. The molecule has 0 radical (unpaired) electrons. The van der Waals surface area contributed by atoms with Crippen LogP contribution in [0.15, 0.2) is 18.2 Å². The number of hydrogen-bond donors (Lipinski definition) is 0. The number of hydrogen-bond acceptors (Lipinski definition) is 3. The molecule has 1 heterocycles. The molecule has 19 heavy (non-hydrogen) atoms. The molecule has 1 aromatic rings. The van der Waals surface area contributed by atoms with Crippen molar-refractivity contribution in [3.8, 4) is 6.07 Å². The summed E-state index contributed by atoms with van der Waals surface area (Å²) in [6.07, 6.45) is 0. The van der Waals surface area contributed by atoms with Gasteiger partial charge in [0.15, 0.2) is 0 Å². The van der Waals surface area contributed by atoms with Gasteiger partial charge in [0.1, 0.15) is 5.82 Å². The third-order valence-electron chi connectivity index (χ3n) is 3.84. The van der Waals surface area contributed by atoms with Crippen LogP contribution in [0.25, 0.3) is 0 Å². The minimum absolute atomic E-state index is 0.00490. The molecule has 1 saturated heterocycles. The SMILES string of the molecule is Cc1cc(F)ccc1CN1CCN(C(C)C#N)CC1. The minimum atomic E-state index is -0.172. The topological polar surface area (TPSA) is 30.3 Å². The summed E-state index contributed by atoms with van der Waals surface area (Å²) in [4.78, 5) is 4.56. The van der Waals surface area contributed by atoms with Gasteiger partial charge in [-0.15, -0.1) is 0 Å². The van der Waals surface area contributed by atoms with Gasteiger partial charge < -0.3 is 0 Å². The molecule has 0 amide bonds. The van der Waals surface area contributed by atoms with Crippen LogP contribution < -0.4 is 0 Å². The van der Waals surface area contributed by atoms with Gasteiger partial charge >= 0.3 is 0 Å². The second-order valence-electron chi connectivity index (χ2n) is 5.19. The van der Waals surface area contributed by atoms with Crippen LogP contribution in [-0.4, -0.2) is 42.0 Å². The molecule has 1 aliphatic heterocycles. The van der Waals surface area contributed by atoms with E-state index in [4.69, 9.17) is 5.26 Å². The molecular formula is C15H20FN3. The van der Waals surface area contributed by atoms with Gasteiger partial charge in [-0.3, -0.25) is 9.80 Å². The van der Waals surface area contributed by atoms with E-state index < -0.39 is 0 Å². The lowest BCUT2D eigenvalue weighted by atomic mass is 10.1. The van der Waals surface area contributed by atoms with Crippen molar-refractivity contribution in [3.05, 3.63) is 35.1 Å². The summed E-state index contributed by atoms with van der Waals surface area (Å²) in [7, 11) is 0. The van der Waals surface area contributed by atoms with Gasteiger partial charge in [0.05, 0.1) is 12.1 Å². The average molecular weight is 261 g/mol. The molecule has 2 rings (SSSR count). The Bertz CT molecular complexity index is 473. The van der Waals surface area contributed by atoms with Crippen molar-refractivity contribution in [3.63, 3.8) is 0 Å². The molecule has 3 nitrogen and oxygen atoms in total. The second kappa shape index (κ2) is 6.14. The highest BCUT2D eigenvalue weighted by atomic mass is 19.1. The summed E-state index contributed by atoms with van der Waals surface area (Å²) in [5, 5.41) is 8.91. The number of nitriles is 1. The van der Waals surface area contributed by atoms with Crippen molar-refractivity contribution < 1.29 is 4.39 Å². The molecule has 0 aromatic heterocycles. The van der Waals surface area contributed by atoms with Gasteiger partial charge in [-0.1, -0.05) is 6.07 Å². The van der Waals surface area contributed by atoms with E-state index in [0.29, 0.717) is 0 Å². The lowest BCUT2D eigenvalue weighted by Crippen LogP contribution is -2.48. The van der Waals surface area contributed by atoms with Crippen molar-refractivity contribution in [2.24, 2.45) is 0 Å². The van der Waals surface area contributed by atoms with E-state index in [1.165, 1.54) is 11.6 Å². The van der Waals surface area contributed by atoms with Crippen LogP contribution in [0.3, 0.4) is 0 Å². The first-order valence-electron chi connectivity index (χ1n) is 6.71. The fourth-order valence-corrected chi connectivity index (χ4v) is 2.47. The lowest BCUT2D eigenvalue weighted by Gasteiger charge is -2.36. The number of piperazine rings is 1. The maximum atomic E-state index is 13.1. The number of halogens is 1. The Hall–Kier alpha value is -1.44. The number of nitrogens with zero attached hydrogens (tertiary/aromatic N) is 3. The van der Waals surface area contributed by atoms with Crippen LogP contribution in [0.4, 0.5) is 4.39 Å². The quantitative estimate of drug-likeness (QED) is 0.835. The maximum Gasteiger partial charge on any atom is 0.123 e. The molecule has 0 bridgehead atoms. The van der Waals surface area contributed by atoms with Crippen molar-refractivity contribution in [1.29, 1.82) is 5.26 Å². The first-order valence-corrected chi connectivity index (χ1v) is 6.71. The van der Waals surface area contributed by atoms with E-state index >= 15 is 0 Å². The molecule has 1 atom stereocenters. The van der Waals surface area contributed by atoms with Crippen LogP contribution >= 0.6 is 0 Å². The predicted molar refractivity (Wildman–Crippen MR) is 73.1 cm³/mol. The van der Waals surface area contributed by atoms with E-state index in [0.717, 1.165) is 38.3 Å². The predicted octanol–water partition coefficient (Wildman–Crippen LogP) is 2.16.